The first kappa shape index (κ1) is 17.9. The maximum Gasteiger partial charge on any atom is 0.254 e. The summed E-state index contributed by atoms with van der Waals surface area (Å²) in [5.74, 6) is 1.52. The zero-order valence-electron chi connectivity index (χ0n) is 15.8. The van der Waals surface area contributed by atoms with E-state index in [4.69, 9.17) is 4.74 Å². The first-order valence-electron chi connectivity index (χ1n) is 9.65. The Kier molecular flexibility index (Phi) is 4.73. The SMILES string of the molecule is O=C(c1cccc(OCc2cccs2)c1)N1CCCC1c1nnc2ccccn12. The number of ether oxygens (including phenoxy) is 1. The molecular weight excluding hydrogens is 384 g/mol. The molecule has 0 saturated carbocycles. The van der Waals surface area contributed by atoms with Crippen LogP contribution in [0.15, 0.2) is 66.2 Å². The lowest BCUT2D eigenvalue weighted by Crippen LogP contribution is -2.31. The predicted molar refractivity (Wildman–Crippen MR) is 111 cm³/mol. The van der Waals surface area contributed by atoms with Crippen LogP contribution < -0.4 is 4.74 Å². The predicted octanol–water partition coefficient (Wildman–Crippen LogP) is 4.35. The van der Waals surface area contributed by atoms with Gasteiger partial charge in [0.1, 0.15) is 12.4 Å². The Bertz CT molecular complexity index is 1140. The van der Waals surface area contributed by atoms with E-state index < -0.39 is 0 Å². The number of rotatable bonds is 5. The molecule has 6 nitrogen and oxygen atoms in total. The van der Waals surface area contributed by atoms with E-state index in [1.54, 1.807) is 11.3 Å². The number of carbonyl (C=O) groups is 1. The van der Waals surface area contributed by atoms with E-state index in [-0.39, 0.29) is 11.9 Å². The van der Waals surface area contributed by atoms with Crippen molar-refractivity contribution < 1.29 is 9.53 Å². The lowest BCUT2D eigenvalue weighted by molar-refractivity contribution is 0.0728. The summed E-state index contributed by atoms with van der Waals surface area (Å²) in [5.41, 5.74) is 1.43. The monoisotopic (exact) mass is 404 g/mol. The molecule has 1 unspecified atom stereocenters. The summed E-state index contributed by atoms with van der Waals surface area (Å²) in [4.78, 5) is 16.3. The highest BCUT2D eigenvalue weighted by Gasteiger charge is 2.33. The fraction of sp³-hybridized carbons (Fsp3) is 0.227. The third kappa shape index (κ3) is 3.49. The van der Waals surface area contributed by atoms with Crippen LogP contribution in [0.3, 0.4) is 0 Å². The summed E-state index contributed by atoms with van der Waals surface area (Å²) in [6.07, 6.45) is 3.79. The van der Waals surface area contributed by atoms with Crippen LogP contribution in [0.25, 0.3) is 5.65 Å². The lowest BCUT2D eigenvalue weighted by atomic mass is 10.1. The van der Waals surface area contributed by atoms with Crippen LogP contribution in [0, 0.1) is 0 Å². The van der Waals surface area contributed by atoms with Crippen LogP contribution in [0.2, 0.25) is 0 Å². The van der Waals surface area contributed by atoms with Gasteiger partial charge >= 0.3 is 0 Å². The van der Waals surface area contributed by atoms with Crippen molar-refractivity contribution in [3.05, 3.63) is 82.4 Å². The van der Waals surface area contributed by atoms with Crippen molar-refractivity contribution in [3.8, 4) is 5.75 Å². The molecule has 4 aromatic rings. The van der Waals surface area contributed by atoms with E-state index in [1.807, 2.05) is 75.5 Å². The van der Waals surface area contributed by atoms with Crippen LogP contribution in [0.4, 0.5) is 0 Å². The van der Waals surface area contributed by atoms with E-state index in [1.165, 1.54) is 0 Å². The fourth-order valence-corrected chi connectivity index (χ4v) is 4.42. The second kappa shape index (κ2) is 7.67. The highest BCUT2D eigenvalue weighted by molar-refractivity contribution is 7.09. The molecule has 1 atom stereocenters. The molecule has 5 rings (SSSR count). The van der Waals surface area contributed by atoms with E-state index in [0.29, 0.717) is 24.5 Å². The van der Waals surface area contributed by atoms with Gasteiger partial charge < -0.3 is 9.64 Å². The Morgan fingerprint density at radius 1 is 1.14 bits per heavy atom. The molecule has 0 bridgehead atoms. The highest BCUT2D eigenvalue weighted by Crippen LogP contribution is 2.32. The smallest absolute Gasteiger partial charge is 0.254 e. The number of likely N-dealkylation sites (tertiary alicyclic amines) is 1. The Labute approximate surface area is 172 Å². The van der Waals surface area contributed by atoms with Crippen LogP contribution in [0.5, 0.6) is 5.75 Å². The molecule has 0 aliphatic carbocycles. The number of pyridine rings is 1. The third-order valence-corrected chi connectivity index (χ3v) is 6.04. The average molecular weight is 404 g/mol. The molecule has 7 heteroatoms. The number of carbonyl (C=O) groups excluding carboxylic acids is 1. The van der Waals surface area contributed by atoms with Gasteiger partial charge in [-0.2, -0.15) is 0 Å². The number of fused-ring (bicyclic) bond motifs is 1. The van der Waals surface area contributed by atoms with E-state index in [9.17, 15) is 4.79 Å². The van der Waals surface area contributed by atoms with Crippen LogP contribution in [-0.2, 0) is 6.61 Å². The zero-order valence-corrected chi connectivity index (χ0v) is 16.6. The highest BCUT2D eigenvalue weighted by atomic mass is 32.1. The third-order valence-electron chi connectivity index (χ3n) is 5.19. The molecule has 1 aliphatic heterocycles. The largest absolute Gasteiger partial charge is 0.488 e. The van der Waals surface area contributed by atoms with Crippen LogP contribution >= 0.6 is 11.3 Å². The number of aromatic nitrogens is 3. The molecular formula is C22H20N4O2S. The fourth-order valence-electron chi connectivity index (χ4n) is 3.80. The molecule has 1 aromatic carbocycles. The Morgan fingerprint density at radius 3 is 3.00 bits per heavy atom. The minimum Gasteiger partial charge on any atom is -0.488 e. The maximum atomic E-state index is 13.3. The number of amides is 1. The summed E-state index contributed by atoms with van der Waals surface area (Å²) in [7, 11) is 0. The van der Waals surface area contributed by atoms with Gasteiger partial charge in [-0.25, -0.2) is 0 Å². The summed E-state index contributed by atoms with van der Waals surface area (Å²) < 4.78 is 7.84. The van der Waals surface area contributed by atoms with E-state index in [0.717, 1.165) is 29.2 Å². The topological polar surface area (TPSA) is 59.7 Å². The van der Waals surface area contributed by atoms with E-state index in [2.05, 4.69) is 10.2 Å². The molecule has 1 saturated heterocycles. The number of hydrogen-bond acceptors (Lipinski definition) is 5. The first-order valence-corrected chi connectivity index (χ1v) is 10.5. The molecule has 29 heavy (non-hydrogen) atoms. The normalized spacial score (nSPS) is 16.4. The maximum absolute atomic E-state index is 13.3. The van der Waals surface area contributed by atoms with Crippen molar-refractivity contribution in [1.82, 2.24) is 19.5 Å². The number of hydrogen-bond donors (Lipinski definition) is 0. The molecule has 3 aromatic heterocycles. The molecule has 146 valence electrons. The molecule has 0 N–H and O–H groups in total. The van der Waals surface area contributed by atoms with Gasteiger partial charge in [0, 0.05) is 23.2 Å². The molecule has 4 heterocycles. The average Bonchev–Trinajstić information content (AvgIpc) is 3.52. The lowest BCUT2D eigenvalue weighted by Gasteiger charge is -2.23. The minimum atomic E-state index is -0.0735. The minimum absolute atomic E-state index is 0.00162. The molecule has 0 spiro atoms. The number of thiophene rings is 1. The van der Waals surface area contributed by atoms with Crippen molar-refractivity contribution in [3.63, 3.8) is 0 Å². The van der Waals surface area contributed by atoms with Gasteiger partial charge in [-0.05, 0) is 54.6 Å². The van der Waals surface area contributed by atoms with Gasteiger partial charge in [-0.15, -0.1) is 21.5 Å². The van der Waals surface area contributed by atoms with Crippen molar-refractivity contribution >= 4 is 22.9 Å². The van der Waals surface area contributed by atoms with E-state index >= 15 is 0 Å². The Balaban J connectivity index is 1.37. The van der Waals surface area contributed by atoms with Gasteiger partial charge in [-0.1, -0.05) is 18.2 Å². The van der Waals surface area contributed by atoms with Crippen LogP contribution in [0.1, 0.15) is 39.9 Å². The molecule has 1 amide bonds. The van der Waals surface area contributed by atoms with Crippen molar-refractivity contribution in [2.75, 3.05) is 6.54 Å². The second-order valence-electron chi connectivity index (χ2n) is 7.04. The Morgan fingerprint density at radius 2 is 2.10 bits per heavy atom. The van der Waals surface area contributed by atoms with Crippen molar-refractivity contribution in [2.24, 2.45) is 0 Å². The standard InChI is InChI=1S/C22H20N4O2S/c27-22(16-6-3-7-17(14-16)28-15-18-8-5-13-29-18)25-12-4-9-19(25)21-24-23-20-10-1-2-11-26(20)21/h1-3,5-8,10-11,13-14,19H,4,9,12,15H2. The van der Waals surface area contributed by atoms with Crippen LogP contribution in [-0.4, -0.2) is 31.9 Å². The molecule has 0 radical (unpaired) electrons. The van der Waals surface area contributed by atoms with Gasteiger partial charge in [0.25, 0.3) is 5.91 Å². The summed E-state index contributed by atoms with van der Waals surface area (Å²) >= 11 is 1.66. The summed E-state index contributed by atoms with van der Waals surface area (Å²) in [6.45, 7) is 1.22. The van der Waals surface area contributed by atoms with Gasteiger partial charge in [0.05, 0.1) is 6.04 Å². The van der Waals surface area contributed by atoms with Gasteiger partial charge in [0.2, 0.25) is 0 Å². The van der Waals surface area contributed by atoms with Crippen molar-refractivity contribution in [2.45, 2.75) is 25.5 Å². The van der Waals surface area contributed by atoms with Gasteiger partial charge in [0.15, 0.2) is 11.5 Å². The molecule has 1 fully saturated rings. The first-order chi connectivity index (χ1) is 14.3. The Hall–Kier alpha value is -3.19. The number of benzene rings is 1. The summed E-state index contributed by atoms with van der Waals surface area (Å²) in [5, 5.41) is 10.7. The molecule has 1 aliphatic rings. The van der Waals surface area contributed by atoms with Gasteiger partial charge in [-0.3, -0.25) is 9.20 Å². The number of nitrogens with zero attached hydrogens (tertiary/aromatic N) is 4. The summed E-state index contributed by atoms with van der Waals surface area (Å²) in [6, 6.07) is 17.2. The second-order valence-corrected chi connectivity index (χ2v) is 8.07. The zero-order chi connectivity index (χ0) is 19.6. The van der Waals surface area contributed by atoms with Crippen molar-refractivity contribution in [1.29, 1.82) is 0 Å². The quantitative estimate of drug-likeness (QED) is 0.496.